The lowest BCUT2D eigenvalue weighted by atomic mass is 9.99. The number of rotatable bonds is 3. The number of halogens is 1. The summed E-state index contributed by atoms with van der Waals surface area (Å²) < 4.78 is 14.3. The SMILES string of the molecule is CC1c2cnc(C3=NCCC=C3)nc2CCN1c1cc(N2CCCC2)cc(F)n1. The van der Waals surface area contributed by atoms with Crippen molar-refractivity contribution >= 4 is 17.2 Å². The van der Waals surface area contributed by atoms with Gasteiger partial charge in [-0.2, -0.15) is 4.39 Å². The Balaban J connectivity index is 1.43. The van der Waals surface area contributed by atoms with E-state index in [2.05, 4.69) is 37.8 Å². The molecule has 1 saturated heterocycles. The Hall–Kier alpha value is -2.83. The molecule has 29 heavy (non-hydrogen) atoms. The Morgan fingerprint density at radius 3 is 2.76 bits per heavy atom. The van der Waals surface area contributed by atoms with Crippen LogP contribution in [0, 0.1) is 5.95 Å². The largest absolute Gasteiger partial charge is 0.371 e. The Bertz CT molecular complexity index is 979. The minimum Gasteiger partial charge on any atom is -0.371 e. The van der Waals surface area contributed by atoms with Gasteiger partial charge in [0.2, 0.25) is 5.95 Å². The highest BCUT2D eigenvalue weighted by Gasteiger charge is 2.28. The number of hydrogen-bond acceptors (Lipinski definition) is 6. The summed E-state index contributed by atoms with van der Waals surface area (Å²) in [5.41, 5.74) is 3.92. The first-order valence-electron chi connectivity index (χ1n) is 10.5. The highest BCUT2D eigenvalue weighted by Crippen LogP contribution is 2.34. The summed E-state index contributed by atoms with van der Waals surface area (Å²) in [5, 5.41) is 0. The molecule has 150 valence electrons. The van der Waals surface area contributed by atoms with Crippen molar-refractivity contribution in [3.63, 3.8) is 0 Å². The summed E-state index contributed by atoms with van der Waals surface area (Å²) >= 11 is 0. The van der Waals surface area contributed by atoms with Crippen molar-refractivity contribution in [2.45, 2.75) is 38.6 Å². The van der Waals surface area contributed by atoms with Crippen LogP contribution in [0.15, 0.2) is 35.5 Å². The van der Waals surface area contributed by atoms with Crippen LogP contribution in [-0.4, -0.2) is 46.8 Å². The number of dihydropyridines is 1. The van der Waals surface area contributed by atoms with Crippen molar-refractivity contribution in [3.8, 4) is 0 Å². The molecule has 3 aliphatic rings. The van der Waals surface area contributed by atoms with E-state index in [4.69, 9.17) is 4.98 Å². The Kier molecular flexibility index (Phi) is 4.73. The number of allylic oxidation sites excluding steroid dienone is 1. The zero-order valence-electron chi connectivity index (χ0n) is 16.7. The van der Waals surface area contributed by atoms with Crippen molar-refractivity contribution in [1.82, 2.24) is 15.0 Å². The van der Waals surface area contributed by atoms with Gasteiger partial charge in [-0.15, -0.1) is 0 Å². The molecule has 0 aliphatic carbocycles. The second-order valence-corrected chi connectivity index (χ2v) is 7.87. The standard InChI is InChI=1S/C22H25FN6/c1-15-17-14-25-22(19-6-2-3-8-24-19)26-18(17)7-11-29(15)21-13-16(12-20(23)27-21)28-9-4-5-10-28/h2,6,12-15H,3-5,7-11H2,1H3. The van der Waals surface area contributed by atoms with Gasteiger partial charge in [0.1, 0.15) is 11.5 Å². The minimum absolute atomic E-state index is 0.0392. The van der Waals surface area contributed by atoms with Crippen LogP contribution in [0.4, 0.5) is 15.9 Å². The van der Waals surface area contributed by atoms with Crippen molar-refractivity contribution in [2.75, 3.05) is 36.0 Å². The molecule has 0 saturated carbocycles. The van der Waals surface area contributed by atoms with Crippen molar-refractivity contribution in [2.24, 2.45) is 4.99 Å². The summed E-state index contributed by atoms with van der Waals surface area (Å²) in [6.07, 6.45) is 10.1. The molecule has 0 aromatic carbocycles. The molecule has 1 atom stereocenters. The smallest absolute Gasteiger partial charge is 0.216 e. The van der Waals surface area contributed by atoms with Gasteiger partial charge in [0.25, 0.3) is 0 Å². The van der Waals surface area contributed by atoms with Gasteiger partial charge in [0.05, 0.1) is 11.7 Å². The van der Waals surface area contributed by atoms with Crippen LogP contribution in [0.1, 0.15) is 49.3 Å². The number of hydrogen-bond donors (Lipinski definition) is 0. The molecule has 0 bridgehead atoms. The first-order valence-corrected chi connectivity index (χ1v) is 10.5. The summed E-state index contributed by atoms with van der Waals surface area (Å²) in [6.45, 7) is 5.62. The van der Waals surface area contributed by atoms with Crippen LogP contribution in [-0.2, 0) is 6.42 Å². The molecule has 2 aromatic rings. The van der Waals surface area contributed by atoms with Gasteiger partial charge in [-0.3, -0.25) is 4.99 Å². The van der Waals surface area contributed by atoms with Crippen LogP contribution in [0.2, 0.25) is 0 Å². The van der Waals surface area contributed by atoms with E-state index in [0.717, 1.165) is 74.5 Å². The number of nitrogens with zero attached hydrogens (tertiary/aromatic N) is 6. The summed E-state index contributed by atoms with van der Waals surface area (Å²) in [4.78, 5) is 22.5. The van der Waals surface area contributed by atoms with E-state index in [-0.39, 0.29) is 6.04 Å². The predicted octanol–water partition coefficient (Wildman–Crippen LogP) is 3.48. The highest BCUT2D eigenvalue weighted by atomic mass is 19.1. The van der Waals surface area contributed by atoms with E-state index in [1.54, 1.807) is 6.07 Å². The molecule has 2 aromatic heterocycles. The molecule has 5 heterocycles. The monoisotopic (exact) mass is 392 g/mol. The van der Waals surface area contributed by atoms with Crippen LogP contribution in [0.25, 0.3) is 0 Å². The molecule has 0 amide bonds. The van der Waals surface area contributed by atoms with Crippen LogP contribution in [0.3, 0.4) is 0 Å². The van der Waals surface area contributed by atoms with Crippen molar-refractivity contribution in [1.29, 1.82) is 0 Å². The fraction of sp³-hybridized carbons (Fsp3) is 0.455. The van der Waals surface area contributed by atoms with Gasteiger partial charge in [0.15, 0.2) is 5.82 Å². The third-order valence-electron chi connectivity index (χ3n) is 6.02. The minimum atomic E-state index is -0.420. The molecule has 1 unspecified atom stereocenters. The van der Waals surface area contributed by atoms with E-state index in [0.29, 0.717) is 11.6 Å². The number of pyridine rings is 1. The van der Waals surface area contributed by atoms with Gasteiger partial charge in [-0.05, 0) is 32.3 Å². The summed E-state index contributed by atoms with van der Waals surface area (Å²) in [6, 6.07) is 3.61. The zero-order chi connectivity index (χ0) is 19.8. The molecular formula is C22H25FN6. The lowest BCUT2D eigenvalue weighted by molar-refractivity contribution is 0.562. The second-order valence-electron chi connectivity index (χ2n) is 7.87. The van der Waals surface area contributed by atoms with Crippen molar-refractivity contribution < 1.29 is 4.39 Å². The van der Waals surface area contributed by atoms with Gasteiger partial charge >= 0.3 is 0 Å². The molecule has 0 N–H and O–H groups in total. The molecule has 0 radical (unpaired) electrons. The third kappa shape index (κ3) is 3.50. The van der Waals surface area contributed by atoms with Gasteiger partial charge in [0, 0.05) is 62.2 Å². The first-order chi connectivity index (χ1) is 14.2. The van der Waals surface area contributed by atoms with Crippen LogP contribution in [0.5, 0.6) is 0 Å². The number of fused-ring (bicyclic) bond motifs is 1. The Morgan fingerprint density at radius 1 is 1.10 bits per heavy atom. The average molecular weight is 392 g/mol. The number of aliphatic imine (C=N–C) groups is 1. The Labute approximate surface area is 170 Å². The highest BCUT2D eigenvalue weighted by molar-refractivity contribution is 6.06. The first kappa shape index (κ1) is 18.2. The van der Waals surface area contributed by atoms with Crippen LogP contribution >= 0.6 is 0 Å². The van der Waals surface area contributed by atoms with Gasteiger partial charge < -0.3 is 9.80 Å². The maximum atomic E-state index is 14.3. The zero-order valence-corrected chi connectivity index (χ0v) is 16.7. The molecule has 6 nitrogen and oxygen atoms in total. The van der Waals surface area contributed by atoms with Crippen LogP contribution < -0.4 is 9.80 Å². The van der Waals surface area contributed by atoms with E-state index in [9.17, 15) is 4.39 Å². The number of anilines is 2. The molecule has 1 fully saturated rings. The van der Waals surface area contributed by atoms with E-state index < -0.39 is 5.95 Å². The summed E-state index contributed by atoms with van der Waals surface area (Å²) in [7, 11) is 0. The average Bonchev–Trinajstić information content (AvgIpc) is 3.29. The molecule has 5 rings (SSSR count). The topological polar surface area (TPSA) is 57.5 Å². The maximum absolute atomic E-state index is 14.3. The quantitative estimate of drug-likeness (QED) is 0.749. The molecule has 3 aliphatic heterocycles. The molecular weight excluding hydrogens is 367 g/mol. The number of aromatic nitrogens is 3. The predicted molar refractivity (Wildman–Crippen MR) is 112 cm³/mol. The normalized spacial score (nSPS) is 21.3. The van der Waals surface area contributed by atoms with Gasteiger partial charge in [-0.25, -0.2) is 15.0 Å². The van der Waals surface area contributed by atoms with E-state index >= 15 is 0 Å². The third-order valence-corrected chi connectivity index (χ3v) is 6.02. The second kappa shape index (κ2) is 7.54. The molecule has 7 heteroatoms. The fourth-order valence-electron chi connectivity index (χ4n) is 4.43. The maximum Gasteiger partial charge on any atom is 0.216 e. The fourth-order valence-corrected chi connectivity index (χ4v) is 4.43. The summed E-state index contributed by atoms with van der Waals surface area (Å²) in [5.74, 6) is 0.963. The van der Waals surface area contributed by atoms with Crippen molar-refractivity contribution in [3.05, 3.63) is 53.5 Å². The lowest BCUT2D eigenvalue weighted by Crippen LogP contribution is -2.36. The van der Waals surface area contributed by atoms with E-state index in [1.807, 2.05) is 18.3 Å². The Morgan fingerprint density at radius 2 is 1.97 bits per heavy atom. The van der Waals surface area contributed by atoms with E-state index in [1.165, 1.54) is 0 Å². The lowest BCUT2D eigenvalue weighted by Gasteiger charge is -2.36. The van der Waals surface area contributed by atoms with Gasteiger partial charge in [-0.1, -0.05) is 6.08 Å². The molecule has 0 spiro atoms.